The van der Waals surface area contributed by atoms with E-state index in [1.807, 2.05) is 33.8 Å². The van der Waals surface area contributed by atoms with Crippen molar-refractivity contribution >= 4 is 5.91 Å². The minimum Gasteiger partial charge on any atom is -0.395 e. The fourth-order valence-electron chi connectivity index (χ4n) is 1.83. The van der Waals surface area contributed by atoms with Crippen LogP contribution in [-0.4, -0.2) is 44.9 Å². The van der Waals surface area contributed by atoms with Crippen molar-refractivity contribution in [2.24, 2.45) is 0 Å². The molecule has 0 atom stereocenters. The Morgan fingerprint density at radius 1 is 1.53 bits per heavy atom. The van der Waals surface area contributed by atoms with Gasteiger partial charge in [0.1, 0.15) is 6.54 Å². The molecule has 0 spiro atoms. The van der Waals surface area contributed by atoms with Gasteiger partial charge in [-0.3, -0.25) is 9.48 Å². The molecule has 17 heavy (non-hydrogen) atoms. The summed E-state index contributed by atoms with van der Waals surface area (Å²) in [5.41, 5.74) is 1.89. The van der Waals surface area contributed by atoms with Crippen molar-refractivity contribution in [3.05, 3.63) is 17.5 Å². The highest BCUT2D eigenvalue weighted by atomic mass is 16.3. The van der Waals surface area contributed by atoms with Crippen LogP contribution < -0.4 is 0 Å². The number of aliphatic hydroxyl groups is 1. The summed E-state index contributed by atoms with van der Waals surface area (Å²) in [7, 11) is 0. The van der Waals surface area contributed by atoms with E-state index in [0.717, 1.165) is 11.4 Å². The van der Waals surface area contributed by atoms with Gasteiger partial charge < -0.3 is 10.0 Å². The standard InChI is InChI=1S/C12H21N3O2/c1-9(2)14(5-6-16)12(17)8-15-11(4)7-10(3)13-15/h7,9,16H,5-6,8H2,1-4H3. The Bertz CT molecular complexity index is 385. The number of nitrogens with zero attached hydrogens (tertiary/aromatic N) is 3. The summed E-state index contributed by atoms with van der Waals surface area (Å²) in [5, 5.41) is 13.2. The average molecular weight is 239 g/mol. The van der Waals surface area contributed by atoms with Crippen LogP contribution in [0.2, 0.25) is 0 Å². The third kappa shape index (κ3) is 3.56. The third-order valence-corrected chi connectivity index (χ3v) is 2.67. The molecular weight excluding hydrogens is 218 g/mol. The number of carbonyl (C=O) groups excluding carboxylic acids is 1. The van der Waals surface area contributed by atoms with E-state index >= 15 is 0 Å². The van der Waals surface area contributed by atoms with Crippen molar-refractivity contribution in [3.63, 3.8) is 0 Å². The molecule has 0 aliphatic rings. The lowest BCUT2D eigenvalue weighted by Crippen LogP contribution is -2.41. The molecule has 5 nitrogen and oxygen atoms in total. The second-order valence-electron chi connectivity index (χ2n) is 4.49. The first kappa shape index (κ1) is 13.7. The third-order valence-electron chi connectivity index (χ3n) is 2.67. The van der Waals surface area contributed by atoms with Gasteiger partial charge >= 0.3 is 0 Å². The second-order valence-corrected chi connectivity index (χ2v) is 4.49. The van der Waals surface area contributed by atoms with E-state index in [0.29, 0.717) is 6.54 Å². The molecule has 0 saturated heterocycles. The molecule has 96 valence electrons. The van der Waals surface area contributed by atoms with Gasteiger partial charge in [-0.15, -0.1) is 0 Å². The zero-order valence-corrected chi connectivity index (χ0v) is 11.0. The fraction of sp³-hybridized carbons (Fsp3) is 0.667. The van der Waals surface area contributed by atoms with Gasteiger partial charge in [-0.25, -0.2) is 0 Å². The molecule has 0 aliphatic carbocycles. The van der Waals surface area contributed by atoms with Gasteiger partial charge in [-0.05, 0) is 33.8 Å². The first-order valence-corrected chi connectivity index (χ1v) is 5.87. The smallest absolute Gasteiger partial charge is 0.244 e. The lowest BCUT2D eigenvalue weighted by atomic mass is 10.3. The summed E-state index contributed by atoms with van der Waals surface area (Å²) in [6, 6.07) is 2.03. The first-order valence-electron chi connectivity index (χ1n) is 5.87. The summed E-state index contributed by atoms with van der Waals surface area (Å²) >= 11 is 0. The highest BCUT2D eigenvalue weighted by molar-refractivity contribution is 5.76. The van der Waals surface area contributed by atoms with Crippen molar-refractivity contribution in [1.82, 2.24) is 14.7 Å². The summed E-state index contributed by atoms with van der Waals surface area (Å²) in [6.07, 6.45) is 0. The Hall–Kier alpha value is -1.36. The number of hydrogen-bond donors (Lipinski definition) is 1. The summed E-state index contributed by atoms with van der Waals surface area (Å²) < 4.78 is 1.70. The Labute approximate surface area is 102 Å². The molecule has 1 heterocycles. The van der Waals surface area contributed by atoms with Gasteiger partial charge in [0, 0.05) is 18.3 Å². The second kappa shape index (κ2) is 5.82. The van der Waals surface area contributed by atoms with Gasteiger partial charge in [0.25, 0.3) is 0 Å². The molecule has 0 bridgehead atoms. The molecule has 1 amide bonds. The number of aromatic nitrogens is 2. The lowest BCUT2D eigenvalue weighted by molar-refractivity contribution is -0.134. The van der Waals surface area contributed by atoms with Crippen molar-refractivity contribution < 1.29 is 9.90 Å². The van der Waals surface area contributed by atoms with Gasteiger partial charge in [0.05, 0.1) is 12.3 Å². The zero-order valence-electron chi connectivity index (χ0n) is 11.0. The SMILES string of the molecule is Cc1cc(C)n(CC(=O)N(CCO)C(C)C)n1. The summed E-state index contributed by atoms with van der Waals surface area (Å²) in [6.45, 7) is 8.30. The van der Waals surface area contributed by atoms with Crippen LogP contribution in [0.3, 0.4) is 0 Å². The number of aryl methyl sites for hydroxylation is 2. The van der Waals surface area contributed by atoms with Crippen LogP contribution in [-0.2, 0) is 11.3 Å². The summed E-state index contributed by atoms with van der Waals surface area (Å²) in [5.74, 6) is -0.0137. The highest BCUT2D eigenvalue weighted by Crippen LogP contribution is 2.05. The molecular formula is C12H21N3O2. The Morgan fingerprint density at radius 2 is 2.18 bits per heavy atom. The Morgan fingerprint density at radius 3 is 2.59 bits per heavy atom. The van der Waals surface area contributed by atoms with E-state index < -0.39 is 0 Å². The molecule has 1 N–H and O–H groups in total. The van der Waals surface area contributed by atoms with Crippen molar-refractivity contribution in [3.8, 4) is 0 Å². The Balaban J connectivity index is 2.73. The molecule has 0 saturated carbocycles. The lowest BCUT2D eigenvalue weighted by Gasteiger charge is -2.26. The molecule has 5 heteroatoms. The molecule has 0 aromatic carbocycles. The van der Waals surface area contributed by atoms with Gasteiger partial charge in [-0.1, -0.05) is 0 Å². The van der Waals surface area contributed by atoms with E-state index in [1.165, 1.54) is 0 Å². The predicted molar refractivity (Wildman–Crippen MR) is 65.6 cm³/mol. The minimum absolute atomic E-state index is 0.0129. The normalized spacial score (nSPS) is 10.9. The predicted octanol–water partition coefficient (Wildman–Crippen LogP) is 0.729. The fourth-order valence-corrected chi connectivity index (χ4v) is 1.83. The average Bonchev–Trinajstić information content (AvgIpc) is 2.53. The van der Waals surface area contributed by atoms with Crippen LogP contribution in [0.15, 0.2) is 6.07 Å². The van der Waals surface area contributed by atoms with E-state index in [1.54, 1.807) is 9.58 Å². The maximum Gasteiger partial charge on any atom is 0.244 e. The van der Waals surface area contributed by atoms with Crippen molar-refractivity contribution in [2.45, 2.75) is 40.3 Å². The Kier molecular flexibility index (Phi) is 4.69. The van der Waals surface area contributed by atoms with Crippen LogP contribution in [0.1, 0.15) is 25.2 Å². The van der Waals surface area contributed by atoms with Crippen LogP contribution >= 0.6 is 0 Å². The van der Waals surface area contributed by atoms with E-state index in [-0.39, 0.29) is 25.1 Å². The molecule has 0 aliphatic heterocycles. The molecule has 1 aromatic heterocycles. The number of carbonyl (C=O) groups is 1. The van der Waals surface area contributed by atoms with E-state index in [9.17, 15) is 4.79 Å². The van der Waals surface area contributed by atoms with Crippen LogP contribution in [0.4, 0.5) is 0 Å². The first-order chi connectivity index (χ1) is 7.95. The van der Waals surface area contributed by atoms with Gasteiger partial charge in [0.2, 0.25) is 5.91 Å². The largest absolute Gasteiger partial charge is 0.395 e. The quantitative estimate of drug-likeness (QED) is 0.824. The highest BCUT2D eigenvalue weighted by Gasteiger charge is 2.17. The molecule has 0 unspecified atom stereocenters. The van der Waals surface area contributed by atoms with Crippen LogP contribution in [0.5, 0.6) is 0 Å². The van der Waals surface area contributed by atoms with Gasteiger partial charge in [0.15, 0.2) is 0 Å². The van der Waals surface area contributed by atoms with Crippen molar-refractivity contribution in [2.75, 3.05) is 13.2 Å². The number of aliphatic hydroxyl groups excluding tert-OH is 1. The molecule has 1 rings (SSSR count). The van der Waals surface area contributed by atoms with Gasteiger partial charge in [-0.2, -0.15) is 5.10 Å². The zero-order chi connectivity index (χ0) is 13.0. The summed E-state index contributed by atoms with van der Waals surface area (Å²) in [4.78, 5) is 13.7. The topological polar surface area (TPSA) is 58.4 Å². The number of amides is 1. The molecule has 1 aromatic rings. The van der Waals surface area contributed by atoms with E-state index in [4.69, 9.17) is 5.11 Å². The maximum absolute atomic E-state index is 12.1. The van der Waals surface area contributed by atoms with E-state index in [2.05, 4.69) is 5.10 Å². The monoisotopic (exact) mass is 239 g/mol. The minimum atomic E-state index is -0.0137. The molecule has 0 radical (unpaired) electrons. The van der Waals surface area contributed by atoms with Crippen LogP contribution in [0.25, 0.3) is 0 Å². The van der Waals surface area contributed by atoms with Crippen molar-refractivity contribution in [1.29, 1.82) is 0 Å². The molecule has 0 fully saturated rings. The number of hydrogen-bond acceptors (Lipinski definition) is 3. The number of rotatable bonds is 5. The maximum atomic E-state index is 12.1. The van der Waals surface area contributed by atoms with Crippen LogP contribution in [0, 0.1) is 13.8 Å².